The quantitative estimate of drug-likeness (QED) is 0.788. The van der Waals surface area contributed by atoms with Gasteiger partial charge in [-0.25, -0.2) is 8.78 Å². The molecule has 1 saturated heterocycles. The standard InChI is InChI=1S/C16H18ClF2N5O/c1-25-11-4-2-10(3-5-11)8-21-13-12(20)14(23-15(17)22-13)24-7-6-16(18,19)9-24/h2-5H,6-9,20H2,1H3,(H,21,22,23). The van der Waals surface area contributed by atoms with Crippen LogP contribution in [0.15, 0.2) is 24.3 Å². The smallest absolute Gasteiger partial charge is 0.266 e. The van der Waals surface area contributed by atoms with Crippen molar-refractivity contribution in [3.05, 3.63) is 35.1 Å². The Morgan fingerprint density at radius 1 is 1.32 bits per heavy atom. The summed E-state index contributed by atoms with van der Waals surface area (Å²) in [7, 11) is 1.60. The number of hydrogen-bond donors (Lipinski definition) is 2. The van der Waals surface area contributed by atoms with Crippen molar-refractivity contribution in [1.29, 1.82) is 0 Å². The normalized spacial score (nSPS) is 16.1. The average Bonchev–Trinajstić information content (AvgIpc) is 2.95. The molecule has 1 aromatic heterocycles. The van der Waals surface area contributed by atoms with Crippen LogP contribution in [0.25, 0.3) is 0 Å². The molecule has 0 radical (unpaired) electrons. The Hall–Kier alpha value is -2.35. The third-order valence-corrected chi connectivity index (χ3v) is 4.16. The van der Waals surface area contributed by atoms with Gasteiger partial charge in [0.05, 0.1) is 13.7 Å². The van der Waals surface area contributed by atoms with Gasteiger partial charge in [0.2, 0.25) is 5.28 Å². The Labute approximate surface area is 149 Å². The molecule has 6 nitrogen and oxygen atoms in total. The van der Waals surface area contributed by atoms with E-state index in [1.54, 1.807) is 7.11 Å². The number of nitrogens with two attached hydrogens (primary N) is 1. The van der Waals surface area contributed by atoms with Gasteiger partial charge in [0.25, 0.3) is 5.92 Å². The van der Waals surface area contributed by atoms with Crippen molar-refractivity contribution >= 4 is 28.9 Å². The van der Waals surface area contributed by atoms with E-state index in [0.717, 1.165) is 11.3 Å². The van der Waals surface area contributed by atoms with Crippen LogP contribution in [0.5, 0.6) is 5.75 Å². The fourth-order valence-electron chi connectivity index (χ4n) is 2.65. The molecule has 1 aliphatic heterocycles. The molecular formula is C16H18ClF2N5O. The largest absolute Gasteiger partial charge is 0.497 e. The van der Waals surface area contributed by atoms with E-state index in [4.69, 9.17) is 22.1 Å². The average molecular weight is 370 g/mol. The van der Waals surface area contributed by atoms with Crippen molar-refractivity contribution < 1.29 is 13.5 Å². The van der Waals surface area contributed by atoms with Crippen LogP contribution in [0.4, 0.5) is 26.1 Å². The van der Waals surface area contributed by atoms with Gasteiger partial charge in [-0.15, -0.1) is 0 Å². The maximum Gasteiger partial charge on any atom is 0.266 e. The van der Waals surface area contributed by atoms with Crippen molar-refractivity contribution in [3.63, 3.8) is 0 Å². The number of methoxy groups -OCH3 is 1. The Balaban J connectivity index is 1.77. The molecule has 1 aromatic carbocycles. The number of ether oxygens (including phenoxy) is 1. The number of hydrogen-bond acceptors (Lipinski definition) is 6. The SMILES string of the molecule is COc1ccc(CNc2nc(Cl)nc(N3CCC(F)(F)C3)c2N)cc1. The monoisotopic (exact) mass is 369 g/mol. The zero-order chi connectivity index (χ0) is 18.0. The first-order valence-corrected chi connectivity index (χ1v) is 8.08. The molecule has 3 N–H and O–H groups in total. The molecule has 25 heavy (non-hydrogen) atoms. The summed E-state index contributed by atoms with van der Waals surface area (Å²) in [5, 5.41) is 3.03. The molecule has 0 aliphatic carbocycles. The van der Waals surface area contributed by atoms with Crippen LogP contribution in [-0.2, 0) is 6.54 Å². The highest BCUT2D eigenvalue weighted by Gasteiger charge is 2.39. The van der Waals surface area contributed by atoms with Crippen molar-refractivity contribution in [1.82, 2.24) is 9.97 Å². The highest BCUT2D eigenvalue weighted by Crippen LogP contribution is 2.35. The summed E-state index contributed by atoms with van der Waals surface area (Å²) < 4.78 is 32.0. The number of nitrogen functional groups attached to an aromatic ring is 1. The molecule has 0 unspecified atom stereocenters. The van der Waals surface area contributed by atoms with Gasteiger partial charge >= 0.3 is 0 Å². The topological polar surface area (TPSA) is 76.3 Å². The van der Waals surface area contributed by atoms with Gasteiger partial charge in [-0.2, -0.15) is 9.97 Å². The molecule has 3 rings (SSSR count). The van der Waals surface area contributed by atoms with Gasteiger partial charge in [0, 0.05) is 19.5 Å². The number of nitrogens with zero attached hydrogens (tertiary/aromatic N) is 3. The number of nitrogens with one attached hydrogen (secondary N) is 1. The molecule has 0 spiro atoms. The van der Waals surface area contributed by atoms with Crippen LogP contribution in [0.2, 0.25) is 5.28 Å². The highest BCUT2D eigenvalue weighted by atomic mass is 35.5. The Morgan fingerprint density at radius 3 is 2.64 bits per heavy atom. The maximum atomic E-state index is 13.5. The van der Waals surface area contributed by atoms with Gasteiger partial charge in [0.15, 0.2) is 11.6 Å². The second kappa shape index (κ2) is 6.87. The number of anilines is 3. The molecule has 0 bridgehead atoms. The fraction of sp³-hybridized carbons (Fsp3) is 0.375. The first-order chi connectivity index (χ1) is 11.9. The van der Waals surface area contributed by atoms with Crippen molar-refractivity contribution in [2.75, 3.05) is 36.1 Å². The van der Waals surface area contributed by atoms with E-state index in [1.807, 2.05) is 24.3 Å². The minimum atomic E-state index is -2.75. The van der Waals surface area contributed by atoms with Gasteiger partial charge in [0.1, 0.15) is 11.4 Å². The Morgan fingerprint density at radius 2 is 2.04 bits per heavy atom. The lowest BCUT2D eigenvalue weighted by Crippen LogP contribution is -2.27. The molecule has 0 atom stereocenters. The summed E-state index contributed by atoms with van der Waals surface area (Å²) in [6.07, 6.45) is -0.233. The van der Waals surface area contributed by atoms with Crippen LogP contribution in [0.1, 0.15) is 12.0 Å². The Kier molecular flexibility index (Phi) is 4.80. The van der Waals surface area contributed by atoms with Crippen molar-refractivity contribution in [2.45, 2.75) is 18.9 Å². The fourth-order valence-corrected chi connectivity index (χ4v) is 2.82. The summed E-state index contributed by atoms with van der Waals surface area (Å²) in [5.41, 5.74) is 7.26. The lowest BCUT2D eigenvalue weighted by molar-refractivity contribution is 0.0257. The number of aromatic nitrogens is 2. The van der Waals surface area contributed by atoms with E-state index in [9.17, 15) is 8.78 Å². The lowest BCUT2D eigenvalue weighted by Gasteiger charge is -2.20. The molecular weight excluding hydrogens is 352 g/mol. The van der Waals surface area contributed by atoms with E-state index >= 15 is 0 Å². The molecule has 9 heteroatoms. The minimum absolute atomic E-state index is 0.0448. The van der Waals surface area contributed by atoms with Gasteiger partial charge in [-0.05, 0) is 29.3 Å². The summed E-state index contributed by atoms with van der Waals surface area (Å²) in [6, 6.07) is 7.47. The van der Waals surface area contributed by atoms with Crippen LogP contribution in [0, 0.1) is 0 Å². The summed E-state index contributed by atoms with van der Waals surface area (Å²) in [5.74, 6) is -1.44. The number of benzene rings is 1. The predicted octanol–water partition coefficient (Wildman–Crippen LogP) is 3.18. The zero-order valence-electron chi connectivity index (χ0n) is 13.6. The van der Waals surface area contributed by atoms with Crippen LogP contribution in [-0.4, -0.2) is 36.1 Å². The number of alkyl halides is 2. The predicted molar refractivity (Wildman–Crippen MR) is 93.6 cm³/mol. The van der Waals surface area contributed by atoms with Crippen molar-refractivity contribution in [2.24, 2.45) is 0 Å². The van der Waals surface area contributed by atoms with Gasteiger partial charge in [-0.3, -0.25) is 0 Å². The first kappa shape index (κ1) is 17.5. The summed E-state index contributed by atoms with van der Waals surface area (Å²) in [4.78, 5) is 9.53. The maximum absolute atomic E-state index is 13.5. The third kappa shape index (κ3) is 4.01. The molecule has 1 aliphatic rings. The first-order valence-electron chi connectivity index (χ1n) is 7.70. The molecule has 2 heterocycles. The van der Waals surface area contributed by atoms with Gasteiger partial charge in [-0.1, -0.05) is 12.1 Å². The summed E-state index contributed by atoms with van der Waals surface area (Å²) >= 11 is 5.94. The van der Waals surface area contributed by atoms with Crippen LogP contribution in [0.3, 0.4) is 0 Å². The second-order valence-corrected chi connectivity index (χ2v) is 6.15. The molecule has 0 amide bonds. The van der Waals surface area contributed by atoms with E-state index < -0.39 is 12.5 Å². The van der Waals surface area contributed by atoms with Crippen LogP contribution >= 0.6 is 11.6 Å². The van der Waals surface area contributed by atoms with E-state index in [0.29, 0.717) is 12.4 Å². The lowest BCUT2D eigenvalue weighted by atomic mass is 10.2. The number of halogens is 3. The van der Waals surface area contributed by atoms with E-state index in [1.165, 1.54) is 4.90 Å². The highest BCUT2D eigenvalue weighted by molar-refractivity contribution is 6.28. The molecule has 2 aromatic rings. The summed E-state index contributed by atoms with van der Waals surface area (Å²) in [6.45, 7) is 0.183. The van der Waals surface area contributed by atoms with E-state index in [-0.39, 0.29) is 29.8 Å². The molecule has 1 fully saturated rings. The minimum Gasteiger partial charge on any atom is -0.497 e. The van der Waals surface area contributed by atoms with E-state index in [2.05, 4.69) is 15.3 Å². The van der Waals surface area contributed by atoms with Crippen LogP contribution < -0.4 is 20.7 Å². The molecule has 134 valence electrons. The van der Waals surface area contributed by atoms with Gasteiger partial charge < -0.3 is 20.7 Å². The number of rotatable bonds is 5. The molecule has 0 saturated carbocycles. The second-order valence-electron chi connectivity index (χ2n) is 5.81. The zero-order valence-corrected chi connectivity index (χ0v) is 14.4. The third-order valence-electron chi connectivity index (χ3n) is 3.99. The Bertz CT molecular complexity index is 757. The van der Waals surface area contributed by atoms with Crippen molar-refractivity contribution in [3.8, 4) is 5.75 Å².